The maximum atomic E-state index is 12.3. The number of aromatic carboxylic acids is 1. The molecule has 18 heteroatoms. The highest BCUT2D eigenvalue weighted by atomic mass is 16.4. The van der Waals surface area contributed by atoms with Gasteiger partial charge in [0, 0.05) is 49.6 Å². The molecule has 63 heavy (non-hydrogen) atoms. The smallest absolute Gasteiger partial charge is 0.339 e. The lowest BCUT2D eigenvalue weighted by atomic mass is 10.2. The van der Waals surface area contributed by atoms with Gasteiger partial charge in [0.2, 0.25) is 0 Å². The molecule has 1 amide bonds. The zero-order valence-corrected chi connectivity index (χ0v) is 35.5. The van der Waals surface area contributed by atoms with E-state index in [1.54, 1.807) is 62.5 Å². The van der Waals surface area contributed by atoms with Crippen molar-refractivity contribution in [1.82, 2.24) is 39.5 Å². The number of carbonyl (C=O) groups is 2. The van der Waals surface area contributed by atoms with Crippen LogP contribution in [0.1, 0.15) is 58.6 Å². The van der Waals surface area contributed by atoms with Crippen LogP contribution < -0.4 is 21.7 Å². The number of hydrogen-bond donors (Lipinski definition) is 5. The average molecular weight is 844 g/mol. The molecule has 0 unspecified atom stereocenters. The SMILES string of the molecule is Cc1ncncc1C(=O)O.[C-]#[N+]c1ccc(N)c(NCC)c1.[C-]#[N+]c1ccc(NC(=O)c2cncnc2C)c(NCC)c1.[C-]#[N+]c1ccc2nc(-c3cncnc3C)n(CC)c2c1. The number of carboxylic acids is 1. The van der Waals surface area contributed by atoms with E-state index in [-0.39, 0.29) is 11.5 Å². The monoisotopic (exact) mass is 843 g/mol. The van der Waals surface area contributed by atoms with Crippen molar-refractivity contribution < 1.29 is 14.7 Å². The highest BCUT2D eigenvalue weighted by molar-refractivity contribution is 6.06. The third-order valence-electron chi connectivity index (χ3n) is 8.91. The Kier molecular flexibility index (Phi) is 17.2. The van der Waals surface area contributed by atoms with Crippen molar-refractivity contribution in [2.24, 2.45) is 0 Å². The number of nitrogens with zero attached hydrogens (tertiary/aromatic N) is 11. The van der Waals surface area contributed by atoms with E-state index >= 15 is 0 Å². The van der Waals surface area contributed by atoms with Gasteiger partial charge in [-0.3, -0.25) is 4.79 Å². The van der Waals surface area contributed by atoms with Gasteiger partial charge < -0.3 is 31.4 Å². The van der Waals surface area contributed by atoms with Crippen molar-refractivity contribution in [3.8, 4) is 11.4 Å². The molecule has 0 bridgehead atoms. The minimum atomic E-state index is -0.988. The van der Waals surface area contributed by atoms with Gasteiger partial charge in [0.15, 0.2) is 17.1 Å². The lowest BCUT2D eigenvalue weighted by Gasteiger charge is -2.13. The first kappa shape index (κ1) is 46.9. The number of imidazole rings is 1. The first-order valence-electron chi connectivity index (χ1n) is 19.4. The van der Waals surface area contributed by atoms with Crippen molar-refractivity contribution in [3.05, 3.63) is 155 Å². The van der Waals surface area contributed by atoms with E-state index in [4.69, 9.17) is 30.6 Å². The number of hydrogen-bond acceptors (Lipinski definition) is 12. The molecule has 7 rings (SSSR count). The minimum absolute atomic E-state index is 0.155. The number of aromatic nitrogens is 8. The van der Waals surface area contributed by atoms with Gasteiger partial charge in [0.1, 0.15) is 24.8 Å². The van der Waals surface area contributed by atoms with Gasteiger partial charge in [0.05, 0.1) is 75.9 Å². The number of nitrogens with one attached hydrogen (secondary N) is 3. The van der Waals surface area contributed by atoms with Gasteiger partial charge in [-0.1, -0.05) is 18.2 Å². The Balaban J connectivity index is 0.000000193. The molecule has 0 spiro atoms. The fourth-order valence-corrected chi connectivity index (χ4v) is 5.73. The van der Waals surface area contributed by atoms with Crippen LogP contribution in [0.4, 0.5) is 39.8 Å². The summed E-state index contributed by atoms with van der Waals surface area (Å²) >= 11 is 0. The molecule has 18 nitrogen and oxygen atoms in total. The second-order valence-corrected chi connectivity index (χ2v) is 13.1. The molecule has 0 atom stereocenters. The van der Waals surface area contributed by atoms with Crippen molar-refractivity contribution >= 4 is 62.7 Å². The second kappa shape index (κ2) is 23.1. The average Bonchev–Trinajstić information content (AvgIpc) is 3.66. The molecule has 0 radical (unpaired) electrons. The van der Waals surface area contributed by atoms with E-state index in [0.29, 0.717) is 57.6 Å². The van der Waals surface area contributed by atoms with Crippen LogP contribution in [0.25, 0.3) is 37.0 Å². The van der Waals surface area contributed by atoms with Crippen molar-refractivity contribution in [3.63, 3.8) is 0 Å². The molecular formula is C45H45N15O3. The van der Waals surface area contributed by atoms with Crippen LogP contribution in [-0.2, 0) is 6.54 Å². The topological polar surface area (TPSA) is 225 Å². The molecule has 4 heterocycles. The summed E-state index contributed by atoms with van der Waals surface area (Å²) < 4.78 is 2.09. The third-order valence-corrected chi connectivity index (χ3v) is 8.91. The zero-order chi connectivity index (χ0) is 45.9. The predicted molar refractivity (Wildman–Crippen MR) is 244 cm³/mol. The summed E-state index contributed by atoms with van der Waals surface area (Å²) in [5, 5.41) is 17.5. The molecule has 4 aromatic heterocycles. The number of benzene rings is 3. The molecule has 6 N–H and O–H groups in total. The van der Waals surface area contributed by atoms with E-state index in [1.165, 1.54) is 31.4 Å². The summed E-state index contributed by atoms with van der Waals surface area (Å²) in [7, 11) is 0. The zero-order valence-electron chi connectivity index (χ0n) is 35.5. The summed E-state index contributed by atoms with van der Waals surface area (Å²) in [5.74, 6) is -0.413. The number of rotatable bonds is 9. The van der Waals surface area contributed by atoms with Crippen molar-refractivity contribution in [2.45, 2.75) is 48.1 Å². The highest BCUT2D eigenvalue weighted by Crippen LogP contribution is 2.30. The minimum Gasteiger partial charge on any atom is -0.478 e. The first-order valence-corrected chi connectivity index (χ1v) is 19.4. The van der Waals surface area contributed by atoms with E-state index in [1.807, 2.05) is 32.9 Å². The van der Waals surface area contributed by atoms with E-state index in [0.717, 1.165) is 46.9 Å². The van der Waals surface area contributed by atoms with E-state index in [9.17, 15) is 9.59 Å². The molecule has 0 fully saturated rings. The number of nitrogen functional groups attached to an aromatic ring is 1. The summed E-state index contributed by atoms with van der Waals surface area (Å²) in [6.45, 7) is 34.6. The van der Waals surface area contributed by atoms with Crippen molar-refractivity contribution in [2.75, 3.05) is 34.8 Å². The first-order chi connectivity index (χ1) is 30.4. The number of nitrogens with two attached hydrogens (primary N) is 1. The van der Waals surface area contributed by atoms with Crippen LogP contribution in [0.15, 0.2) is 92.2 Å². The van der Waals surface area contributed by atoms with E-state index < -0.39 is 5.97 Å². The molecule has 0 aliphatic heterocycles. The third kappa shape index (κ3) is 12.6. The second-order valence-electron chi connectivity index (χ2n) is 13.1. The maximum Gasteiger partial charge on any atom is 0.339 e. The van der Waals surface area contributed by atoms with Gasteiger partial charge in [-0.25, -0.2) is 54.2 Å². The molecular weight excluding hydrogens is 799 g/mol. The number of amides is 1. The normalized spacial score (nSPS) is 9.83. The Morgan fingerprint density at radius 2 is 1.21 bits per heavy atom. The molecule has 0 aliphatic rings. The Labute approximate surface area is 364 Å². The Bertz CT molecular complexity index is 2840. The quantitative estimate of drug-likeness (QED) is 0.0676. The van der Waals surface area contributed by atoms with Gasteiger partial charge in [0.25, 0.3) is 5.91 Å². The number of fused-ring (bicyclic) bond motifs is 1. The summed E-state index contributed by atoms with van der Waals surface area (Å²) in [5.41, 5.74) is 15.6. The van der Waals surface area contributed by atoms with Crippen molar-refractivity contribution in [1.29, 1.82) is 0 Å². The Morgan fingerprint density at radius 1 is 0.683 bits per heavy atom. The number of carbonyl (C=O) groups excluding carboxylic acids is 1. The van der Waals surface area contributed by atoms with Crippen LogP contribution in [0.5, 0.6) is 0 Å². The van der Waals surface area contributed by atoms with Crippen LogP contribution in [0.3, 0.4) is 0 Å². The van der Waals surface area contributed by atoms with Gasteiger partial charge in [-0.2, -0.15) is 0 Å². The molecule has 0 saturated carbocycles. The fourth-order valence-electron chi connectivity index (χ4n) is 5.73. The van der Waals surface area contributed by atoms with Crippen LogP contribution in [-0.4, -0.2) is 69.5 Å². The number of anilines is 4. The Hall–Kier alpha value is -8.82. The van der Waals surface area contributed by atoms with Crippen LogP contribution >= 0.6 is 0 Å². The largest absolute Gasteiger partial charge is 0.478 e. The predicted octanol–water partition coefficient (Wildman–Crippen LogP) is 9.13. The van der Waals surface area contributed by atoms with Gasteiger partial charge >= 0.3 is 5.97 Å². The number of aryl methyl sites for hydroxylation is 4. The molecule has 0 aliphatic carbocycles. The van der Waals surface area contributed by atoms with Gasteiger partial charge in [-0.05, 0) is 77.9 Å². The van der Waals surface area contributed by atoms with Gasteiger partial charge in [-0.15, -0.1) is 0 Å². The van der Waals surface area contributed by atoms with E-state index in [2.05, 4.69) is 76.9 Å². The maximum absolute atomic E-state index is 12.3. The molecule has 3 aromatic carbocycles. The number of carboxylic acid groups (broad SMARTS) is 1. The molecule has 0 saturated heterocycles. The summed E-state index contributed by atoms with van der Waals surface area (Å²) in [4.78, 5) is 60.9. The summed E-state index contributed by atoms with van der Waals surface area (Å²) in [6.07, 6.45) is 8.81. The standard InChI is InChI=1S/C15H15N5O.C15H13N5.C9H11N3.C6H6N2O2/c1-4-18-14-7-11(16-3)5-6-13(14)20-15(21)12-8-17-9-19-10(12)2;1-4-20-14-7-11(16-3)5-6-13(14)19-15(20)12-8-17-9-18-10(12)2;1-3-12-9-6-7(11-2)4-5-8(9)10;1-4-5(6(9)10)2-7-3-8-4/h5-9,18H,4H2,1-2H3,(H,20,21);5-9H,4H2,1-2H3;4-6,12H,3,10H2,1H3;2-3H,1H3,(H,9,10). The molecule has 318 valence electrons. The fraction of sp³-hybridized carbons (Fsp3) is 0.200. The highest BCUT2D eigenvalue weighted by Gasteiger charge is 2.15. The molecule has 7 aromatic rings. The lowest BCUT2D eigenvalue weighted by molar-refractivity contribution is 0.0694. The Morgan fingerprint density at radius 3 is 1.75 bits per heavy atom. The summed E-state index contributed by atoms with van der Waals surface area (Å²) in [6, 6.07) is 15.8. The van der Waals surface area contributed by atoms with Crippen LogP contribution in [0, 0.1) is 40.5 Å². The van der Waals surface area contributed by atoms with Crippen LogP contribution in [0.2, 0.25) is 0 Å². The lowest BCUT2D eigenvalue weighted by Crippen LogP contribution is -2.15.